The zero-order chi connectivity index (χ0) is 42.3. The van der Waals surface area contributed by atoms with Crippen LogP contribution in [-0.4, -0.2) is 32.4 Å². The van der Waals surface area contributed by atoms with Gasteiger partial charge in [-0.15, -0.1) is 35.0 Å². The fraction of sp³-hybridized carbons (Fsp3) is 0.218. The van der Waals surface area contributed by atoms with E-state index in [4.69, 9.17) is 4.98 Å². The first-order valence-corrected chi connectivity index (χ1v) is 21.7. The molecular weight excluding hydrogens is 941 g/mol. The second-order valence-corrected chi connectivity index (χ2v) is 15.6. The number of carbonyl (C=O) groups is 1. The number of rotatable bonds is 9. The van der Waals surface area contributed by atoms with Crippen molar-refractivity contribution in [2.45, 2.75) is 59.8 Å². The minimum Gasteiger partial charge on any atom is -0.512 e. The number of aromatic amines is 1. The Morgan fingerprint density at radius 1 is 0.645 bits per heavy atom. The summed E-state index contributed by atoms with van der Waals surface area (Å²) in [6.07, 6.45) is 11.7. The number of allylic oxidation sites excluding steroid dienone is 2. The van der Waals surface area contributed by atoms with Crippen molar-refractivity contribution in [3.05, 3.63) is 163 Å². The number of nitrogens with zero attached hydrogens (tertiary/aromatic N) is 2. The Hall–Kier alpha value is -6.14. The maximum Gasteiger partial charge on any atom is 0.162 e. The molecule has 9 aromatic rings. The summed E-state index contributed by atoms with van der Waals surface area (Å²) >= 11 is 0. The number of carbonyl (C=O) groups excluding carboxylic acids is 1. The van der Waals surface area contributed by atoms with E-state index in [1.807, 2.05) is 52.4 Å². The van der Waals surface area contributed by atoms with Gasteiger partial charge in [-0.3, -0.25) is 14.8 Å². The van der Waals surface area contributed by atoms with Gasteiger partial charge in [0.1, 0.15) is 0 Å². The van der Waals surface area contributed by atoms with Gasteiger partial charge in [0.15, 0.2) is 5.78 Å². The SMILES string of the molecule is CCC(CC)C(=O)/C=C(\O)C(CC)CC.[Ir].[c-]1c(-c2nccc3ccccc23)c2[nH]ccc2c2ccccc12.[c-]1c(-c2nccc3ccccc23)c2c(c3ccccc13)CCN2. The third kappa shape index (κ3) is 8.92. The fourth-order valence-corrected chi connectivity index (χ4v) is 8.70. The van der Waals surface area contributed by atoms with Crippen LogP contribution in [0.15, 0.2) is 146 Å². The molecule has 1 radical (unpaired) electrons. The maximum absolute atomic E-state index is 11.7. The molecule has 6 aromatic carbocycles. The van der Waals surface area contributed by atoms with E-state index in [2.05, 4.69) is 137 Å². The number of hydrogen-bond donors (Lipinski definition) is 3. The number of aliphatic hydroxyl groups is 1. The van der Waals surface area contributed by atoms with Gasteiger partial charge in [0.2, 0.25) is 0 Å². The molecule has 315 valence electrons. The first kappa shape index (κ1) is 43.9. The summed E-state index contributed by atoms with van der Waals surface area (Å²) in [4.78, 5) is 24.4. The third-order valence-corrected chi connectivity index (χ3v) is 12.1. The third-order valence-electron chi connectivity index (χ3n) is 12.1. The number of nitrogens with one attached hydrogen (secondary N) is 2. The molecule has 0 bridgehead atoms. The molecule has 7 heteroatoms. The van der Waals surface area contributed by atoms with Gasteiger partial charge in [-0.25, -0.2) is 0 Å². The molecule has 4 heterocycles. The normalized spacial score (nSPS) is 12.2. The second-order valence-electron chi connectivity index (χ2n) is 15.6. The van der Waals surface area contributed by atoms with Crippen LogP contribution < -0.4 is 5.32 Å². The Morgan fingerprint density at radius 2 is 1.16 bits per heavy atom. The fourth-order valence-electron chi connectivity index (χ4n) is 8.70. The van der Waals surface area contributed by atoms with Crippen LogP contribution in [0.4, 0.5) is 5.69 Å². The molecule has 0 unspecified atom stereocenters. The number of H-pyrrole nitrogens is 1. The van der Waals surface area contributed by atoms with Crippen LogP contribution in [0.1, 0.15) is 58.9 Å². The minimum absolute atomic E-state index is 0. The van der Waals surface area contributed by atoms with Crippen LogP contribution >= 0.6 is 0 Å². The van der Waals surface area contributed by atoms with Crippen LogP contribution in [0.2, 0.25) is 0 Å². The summed E-state index contributed by atoms with van der Waals surface area (Å²) in [5.74, 6) is 0.547. The Kier molecular flexibility index (Phi) is 14.3. The smallest absolute Gasteiger partial charge is 0.162 e. The number of pyridine rings is 2. The van der Waals surface area contributed by atoms with Gasteiger partial charge in [0, 0.05) is 68.3 Å². The number of anilines is 1. The van der Waals surface area contributed by atoms with Crippen LogP contribution in [0, 0.1) is 24.0 Å². The van der Waals surface area contributed by atoms with E-state index >= 15 is 0 Å². The molecule has 3 N–H and O–H groups in total. The zero-order valence-electron chi connectivity index (χ0n) is 35.8. The minimum atomic E-state index is 0. The zero-order valence-corrected chi connectivity index (χ0v) is 38.2. The molecule has 1 aliphatic rings. The van der Waals surface area contributed by atoms with Crippen molar-refractivity contribution < 1.29 is 30.0 Å². The van der Waals surface area contributed by atoms with E-state index in [-0.39, 0.29) is 43.5 Å². The first-order chi connectivity index (χ1) is 29.9. The summed E-state index contributed by atoms with van der Waals surface area (Å²) in [7, 11) is 0. The number of hydrogen-bond acceptors (Lipinski definition) is 5. The molecule has 62 heavy (non-hydrogen) atoms. The van der Waals surface area contributed by atoms with E-state index in [0.29, 0.717) is 0 Å². The summed E-state index contributed by atoms with van der Waals surface area (Å²) < 4.78 is 0. The summed E-state index contributed by atoms with van der Waals surface area (Å²) in [5, 5.41) is 24.1. The summed E-state index contributed by atoms with van der Waals surface area (Å²) in [5.41, 5.74) is 7.79. The molecule has 0 saturated heterocycles. The molecule has 0 atom stereocenters. The quantitative estimate of drug-likeness (QED) is 0.0761. The number of ketones is 1. The van der Waals surface area contributed by atoms with Crippen molar-refractivity contribution >= 4 is 65.5 Å². The molecule has 0 aliphatic carbocycles. The standard InChI is InChI=1S/C21H15N2.C21H13N2.C13H24O2.Ir/c2*1-4-8-17-14(5-1)9-11-22-20(17)19-13-15-6-2-3-7-16(15)18-10-12-23-21(18)19;1-5-10(6-2)12(14)9-13(15)11(7-3)8-4;/h1-9,11,23H,10,12H2;1-12,23H;9-11,14H,5-8H2,1-4H3;/q2*-1;;/b;;12-9-;. The molecular formula is C55H52IrN4O2-2. The van der Waals surface area contributed by atoms with Crippen molar-refractivity contribution in [1.29, 1.82) is 0 Å². The monoisotopic (exact) mass is 993 g/mol. The molecule has 0 fully saturated rings. The molecule has 3 aromatic heterocycles. The van der Waals surface area contributed by atoms with Gasteiger partial charge in [0.05, 0.1) is 5.76 Å². The van der Waals surface area contributed by atoms with Crippen LogP contribution in [0.25, 0.3) is 76.5 Å². The van der Waals surface area contributed by atoms with E-state index in [9.17, 15) is 9.90 Å². The van der Waals surface area contributed by atoms with Crippen molar-refractivity contribution in [2.24, 2.45) is 11.8 Å². The second kappa shape index (κ2) is 20.2. The van der Waals surface area contributed by atoms with Crippen molar-refractivity contribution in [1.82, 2.24) is 15.0 Å². The van der Waals surface area contributed by atoms with Gasteiger partial charge in [-0.05, 0) is 83.2 Å². The first-order valence-electron chi connectivity index (χ1n) is 21.7. The number of benzene rings is 6. The average molecular weight is 993 g/mol. The Bertz CT molecular complexity index is 3010. The molecule has 10 rings (SSSR count). The van der Waals surface area contributed by atoms with E-state index in [0.717, 1.165) is 77.5 Å². The number of fused-ring (bicyclic) bond motifs is 8. The Balaban J connectivity index is 0.000000143. The van der Waals surface area contributed by atoms with Gasteiger partial charge in [0.25, 0.3) is 0 Å². The van der Waals surface area contributed by atoms with Gasteiger partial charge >= 0.3 is 0 Å². The number of aliphatic hydroxyl groups excluding tert-OH is 1. The van der Waals surface area contributed by atoms with E-state index in [1.54, 1.807) is 0 Å². The molecule has 1 aliphatic heterocycles. The van der Waals surface area contributed by atoms with Gasteiger partial charge in [-0.2, -0.15) is 0 Å². The topological polar surface area (TPSA) is 90.9 Å². The average Bonchev–Trinajstić information content (AvgIpc) is 4.02. The van der Waals surface area contributed by atoms with E-state index < -0.39 is 0 Å². The number of aromatic nitrogens is 3. The molecule has 6 nitrogen and oxygen atoms in total. The molecule has 0 spiro atoms. The van der Waals surface area contributed by atoms with Crippen LogP contribution in [0.5, 0.6) is 0 Å². The van der Waals surface area contributed by atoms with Gasteiger partial charge < -0.3 is 15.4 Å². The summed E-state index contributed by atoms with van der Waals surface area (Å²) in [6, 6.07) is 47.1. The predicted molar refractivity (Wildman–Crippen MR) is 255 cm³/mol. The van der Waals surface area contributed by atoms with Crippen molar-refractivity contribution in [3.63, 3.8) is 0 Å². The van der Waals surface area contributed by atoms with Gasteiger partial charge in [-0.1, -0.05) is 152 Å². The Labute approximate surface area is 377 Å². The maximum atomic E-state index is 11.7. The molecule has 0 saturated carbocycles. The largest absolute Gasteiger partial charge is 0.512 e. The van der Waals surface area contributed by atoms with Crippen molar-refractivity contribution in [3.8, 4) is 22.5 Å². The Morgan fingerprint density at radius 3 is 1.77 bits per heavy atom. The van der Waals surface area contributed by atoms with E-state index in [1.165, 1.54) is 55.0 Å². The predicted octanol–water partition coefficient (Wildman–Crippen LogP) is 14.0. The van der Waals surface area contributed by atoms with Crippen molar-refractivity contribution in [2.75, 3.05) is 11.9 Å². The summed E-state index contributed by atoms with van der Waals surface area (Å²) in [6.45, 7) is 9.05. The van der Waals surface area contributed by atoms with Crippen LogP contribution in [-0.2, 0) is 31.3 Å². The van der Waals surface area contributed by atoms with Crippen LogP contribution in [0.3, 0.4) is 0 Å². The molecule has 0 amide bonds.